The number of nitriles is 1. The minimum atomic E-state index is -4.04. The lowest BCUT2D eigenvalue weighted by atomic mass is 10.2. The highest BCUT2D eigenvalue weighted by atomic mass is 32.2. The molecule has 1 aromatic carbocycles. The molecule has 0 aliphatic heterocycles. The Balaban J connectivity index is 2.54. The first kappa shape index (κ1) is 17.5. The van der Waals surface area contributed by atoms with Crippen molar-refractivity contribution in [1.82, 2.24) is 0 Å². The van der Waals surface area contributed by atoms with E-state index >= 15 is 0 Å². The molecule has 2 rings (SSSR count). The van der Waals surface area contributed by atoms with Crippen LogP contribution in [0, 0.1) is 17.1 Å². The summed E-state index contributed by atoms with van der Waals surface area (Å²) in [6, 6.07) is 6.19. The maximum Gasteiger partial charge on any atom is 0.261 e. The summed E-state index contributed by atoms with van der Waals surface area (Å²) >= 11 is 2.32. The number of carbonyl (C=O) groups excluding carboxylic acids is 1. The van der Waals surface area contributed by atoms with Gasteiger partial charge in [0.1, 0.15) is 17.4 Å². The molecule has 1 N–H and O–H groups in total. The van der Waals surface area contributed by atoms with Crippen LogP contribution in [-0.4, -0.2) is 20.5 Å². The van der Waals surface area contributed by atoms with Gasteiger partial charge in [0.2, 0.25) is 0 Å². The molecule has 2 aromatic rings. The molecule has 120 valence electrons. The van der Waals surface area contributed by atoms with E-state index in [1.54, 1.807) is 6.26 Å². The van der Waals surface area contributed by atoms with E-state index in [4.69, 9.17) is 0 Å². The number of hydrogen-bond donors (Lipinski definition) is 1. The van der Waals surface area contributed by atoms with Crippen LogP contribution in [-0.2, 0) is 10.0 Å². The Hall–Kier alpha value is -1.89. The van der Waals surface area contributed by atoms with Crippen molar-refractivity contribution in [1.29, 1.82) is 5.26 Å². The predicted molar refractivity (Wildman–Crippen MR) is 88.0 cm³/mol. The van der Waals surface area contributed by atoms with Crippen LogP contribution in [0.4, 0.5) is 10.1 Å². The highest BCUT2D eigenvalue weighted by molar-refractivity contribution is 8.00. The van der Waals surface area contributed by atoms with Crippen LogP contribution in [0.5, 0.6) is 0 Å². The quantitative estimate of drug-likeness (QED) is 0.643. The van der Waals surface area contributed by atoms with E-state index in [1.165, 1.54) is 18.7 Å². The Labute approximate surface area is 141 Å². The van der Waals surface area contributed by atoms with Gasteiger partial charge in [-0.1, -0.05) is 0 Å². The van der Waals surface area contributed by atoms with Gasteiger partial charge >= 0.3 is 0 Å². The molecule has 1 heterocycles. The highest BCUT2D eigenvalue weighted by Gasteiger charge is 2.25. The van der Waals surface area contributed by atoms with Crippen LogP contribution in [0.3, 0.4) is 0 Å². The van der Waals surface area contributed by atoms with Crippen LogP contribution in [0.2, 0.25) is 0 Å². The number of thiophene rings is 1. The SMILES string of the molecule is CSc1sc(C(C)=O)c(NS(=O)(=O)c2ccc(F)cc2)c1C#N. The van der Waals surface area contributed by atoms with Crippen LogP contribution >= 0.6 is 23.1 Å². The number of carbonyl (C=O) groups is 1. The molecule has 0 atom stereocenters. The molecule has 9 heteroatoms. The van der Waals surface area contributed by atoms with Crippen molar-refractivity contribution < 1.29 is 17.6 Å². The summed E-state index contributed by atoms with van der Waals surface area (Å²) in [5.74, 6) is -0.908. The average Bonchev–Trinajstić information content (AvgIpc) is 2.84. The summed E-state index contributed by atoms with van der Waals surface area (Å²) < 4.78 is 40.6. The zero-order chi connectivity index (χ0) is 17.2. The molecule has 0 amide bonds. The summed E-state index contributed by atoms with van der Waals surface area (Å²) in [5.41, 5.74) is 0.0806. The molecule has 0 saturated heterocycles. The minimum absolute atomic E-state index is 0.0290. The Morgan fingerprint density at radius 3 is 2.43 bits per heavy atom. The minimum Gasteiger partial charge on any atom is -0.294 e. The molecule has 0 aliphatic carbocycles. The Morgan fingerprint density at radius 2 is 1.96 bits per heavy atom. The second-order valence-electron chi connectivity index (χ2n) is 4.40. The van der Waals surface area contributed by atoms with Gasteiger partial charge in [-0.05, 0) is 30.5 Å². The van der Waals surface area contributed by atoms with Crippen molar-refractivity contribution in [2.45, 2.75) is 16.0 Å². The zero-order valence-electron chi connectivity index (χ0n) is 12.1. The number of halogens is 1. The lowest BCUT2D eigenvalue weighted by Crippen LogP contribution is -2.15. The number of hydrogen-bond acceptors (Lipinski definition) is 6. The van der Waals surface area contributed by atoms with Gasteiger partial charge in [0, 0.05) is 6.92 Å². The zero-order valence-corrected chi connectivity index (χ0v) is 14.5. The fourth-order valence-corrected chi connectivity index (χ4v) is 4.73. The molecule has 23 heavy (non-hydrogen) atoms. The van der Waals surface area contributed by atoms with Crippen molar-refractivity contribution in [3.63, 3.8) is 0 Å². The van der Waals surface area contributed by atoms with Gasteiger partial charge in [-0.2, -0.15) is 5.26 Å². The first-order valence-corrected chi connectivity index (χ1v) is 9.72. The van der Waals surface area contributed by atoms with E-state index in [9.17, 15) is 22.9 Å². The summed E-state index contributed by atoms with van der Waals surface area (Å²) in [5, 5.41) is 9.28. The first-order chi connectivity index (χ1) is 10.8. The Bertz CT molecular complexity index is 897. The molecule has 0 saturated carbocycles. The number of nitrogens with zero attached hydrogens (tertiary/aromatic N) is 1. The Morgan fingerprint density at radius 1 is 1.35 bits per heavy atom. The van der Waals surface area contributed by atoms with Gasteiger partial charge in [-0.25, -0.2) is 12.8 Å². The third kappa shape index (κ3) is 3.55. The molecule has 0 spiro atoms. The molecule has 0 radical (unpaired) electrons. The average molecular weight is 370 g/mol. The molecular weight excluding hydrogens is 359 g/mol. The first-order valence-electron chi connectivity index (χ1n) is 6.20. The maximum atomic E-state index is 12.9. The van der Waals surface area contributed by atoms with Crippen LogP contribution in [0.25, 0.3) is 0 Å². The number of thioether (sulfide) groups is 1. The smallest absolute Gasteiger partial charge is 0.261 e. The molecule has 0 fully saturated rings. The van der Waals surface area contributed by atoms with Gasteiger partial charge in [0.05, 0.1) is 19.7 Å². The molecule has 0 unspecified atom stereocenters. The third-order valence-corrected chi connectivity index (χ3v) is 6.63. The fraction of sp³-hybridized carbons (Fsp3) is 0.143. The van der Waals surface area contributed by atoms with Crippen molar-refractivity contribution in [2.75, 3.05) is 11.0 Å². The normalized spacial score (nSPS) is 11.0. The van der Waals surface area contributed by atoms with E-state index in [0.29, 0.717) is 4.21 Å². The fourth-order valence-electron chi connectivity index (χ4n) is 1.81. The van der Waals surface area contributed by atoms with Crippen molar-refractivity contribution in [2.24, 2.45) is 0 Å². The monoisotopic (exact) mass is 370 g/mol. The molecule has 0 bridgehead atoms. The van der Waals surface area contributed by atoms with Crippen molar-refractivity contribution >= 4 is 44.6 Å². The van der Waals surface area contributed by atoms with Gasteiger partial charge in [-0.15, -0.1) is 23.1 Å². The van der Waals surface area contributed by atoms with Crippen molar-refractivity contribution in [3.8, 4) is 6.07 Å². The van der Waals surface area contributed by atoms with E-state index in [-0.39, 0.29) is 26.8 Å². The molecule has 0 aliphatic rings. The second-order valence-corrected chi connectivity index (χ2v) is 8.18. The van der Waals surface area contributed by atoms with Gasteiger partial charge in [0.15, 0.2) is 5.78 Å². The summed E-state index contributed by atoms with van der Waals surface area (Å²) in [7, 11) is -4.04. The number of benzene rings is 1. The number of anilines is 1. The third-order valence-electron chi connectivity index (χ3n) is 2.85. The standard InChI is InChI=1S/C14H11FN2O3S3/c1-8(18)13-12(11(7-16)14(21-2)22-13)17-23(19,20)10-5-3-9(15)4-6-10/h3-6,17H,1-2H3. The topological polar surface area (TPSA) is 87.0 Å². The highest BCUT2D eigenvalue weighted by Crippen LogP contribution is 2.39. The molecule has 1 aromatic heterocycles. The van der Waals surface area contributed by atoms with Crippen LogP contribution < -0.4 is 4.72 Å². The lowest BCUT2D eigenvalue weighted by molar-refractivity contribution is 0.102. The summed E-state index contributed by atoms with van der Waals surface area (Å²) in [6.45, 7) is 1.30. The van der Waals surface area contributed by atoms with Crippen LogP contribution in [0.15, 0.2) is 33.4 Å². The molecular formula is C14H11FN2O3S3. The van der Waals surface area contributed by atoms with E-state index < -0.39 is 15.8 Å². The number of ketones is 1. The Kier molecular flexibility index (Phi) is 5.09. The second kappa shape index (κ2) is 6.70. The van der Waals surface area contributed by atoms with E-state index in [0.717, 1.165) is 35.6 Å². The summed E-state index contributed by atoms with van der Waals surface area (Å²) in [4.78, 5) is 11.7. The molecule has 5 nitrogen and oxygen atoms in total. The number of Topliss-reactive ketones (excluding diaryl/α,β-unsaturated/α-hetero) is 1. The van der Waals surface area contributed by atoms with Gasteiger partial charge < -0.3 is 0 Å². The van der Waals surface area contributed by atoms with Gasteiger partial charge in [-0.3, -0.25) is 9.52 Å². The summed E-state index contributed by atoms with van der Waals surface area (Å²) in [6.07, 6.45) is 1.73. The largest absolute Gasteiger partial charge is 0.294 e. The lowest BCUT2D eigenvalue weighted by Gasteiger charge is -2.08. The number of sulfonamides is 1. The predicted octanol–water partition coefficient (Wildman–Crippen LogP) is 3.48. The number of nitrogens with one attached hydrogen (secondary N) is 1. The number of rotatable bonds is 5. The van der Waals surface area contributed by atoms with Gasteiger partial charge in [0.25, 0.3) is 10.0 Å². The van der Waals surface area contributed by atoms with Crippen LogP contribution in [0.1, 0.15) is 22.2 Å². The van der Waals surface area contributed by atoms with E-state index in [2.05, 4.69) is 4.72 Å². The van der Waals surface area contributed by atoms with Crippen molar-refractivity contribution in [3.05, 3.63) is 40.5 Å². The van der Waals surface area contributed by atoms with E-state index in [1.807, 2.05) is 6.07 Å². The maximum absolute atomic E-state index is 12.9.